The maximum absolute atomic E-state index is 13.5. The number of benzene rings is 2. The zero-order valence-electron chi connectivity index (χ0n) is 19.7. The summed E-state index contributed by atoms with van der Waals surface area (Å²) in [5.74, 6) is -0.218. The second kappa shape index (κ2) is 11.8. The first-order valence-electron chi connectivity index (χ1n) is 12.4. The molecule has 2 fully saturated rings. The van der Waals surface area contributed by atoms with Crippen molar-refractivity contribution in [2.24, 2.45) is 17.3 Å². The molecule has 4 atom stereocenters. The molecule has 2 aliphatic rings. The van der Waals surface area contributed by atoms with E-state index in [-0.39, 0.29) is 23.8 Å². The van der Waals surface area contributed by atoms with Crippen molar-refractivity contribution in [1.82, 2.24) is 0 Å². The van der Waals surface area contributed by atoms with Crippen LogP contribution in [-0.4, -0.2) is 30.4 Å². The van der Waals surface area contributed by atoms with Crippen LogP contribution in [0.5, 0.6) is 0 Å². The third-order valence-electron chi connectivity index (χ3n) is 7.51. The number of ether oxygens (including phenoxy) is 2. The van der Waals surface area contributed by atoms with Crippen LogP contribution in [-0.2, 0) is 27.3 Å². The van der Waals surface area contributed by atoms with Crippen LogP contribution in [0.4, 0.5) is 4.39 Å². The van der Waals surface area contributed by atoms with Crippen LogP contribution in [0.2, 0.25) is 0 Å². The molecule has 5 heteroatoms. The monoisotopic (exact) mass is 466 g/mol. The number of carbonyl (C=O) groups is 1. The lowest BCUT2D eigenvalue weighted by Crippen LogP contribution is -2.38. The highest BCUT2D eigenvalue weighted by atomic mass is 19.1. The summed E-state index contributed by atoms with van der Waals surface area (Å²) < 4.78 is 25.8. The van der Waals surface area contributed by atoms with Crippen LogP contribution in [0, 0.1) is 23.1 Å². The molecule has 0 aromatic heterocycles. The number of rotatable bonds is 13. The number of hydrogen-bond donors (Lipinski definition) is 1. The zero-order valence-corrected chi connectivity index (χ0v) is 19.7. The molecular weight excluding hydrogens is 431 g/mol. The number of aryl methyl sites for hydroxylation is 1. The number of carboxylic acid groups (broad SMARTS) is 1. The molecule has 1 aliphatic carbocycles. The van der Waals surface area contributed by atoms with Crippen molar-refractivity contribution in [3.63, 3.8) is 0 Å². The first kappa shape index (κ1) is 24.6. The second-order valence-corrected chi connectivity index (χ2v) is 9.81. The summed E-state index contributed by atoms with van der Waals surface area (Å²) in [5, 5.41) is 8.84. The van der Waals surface area contributed by atoms with Gasteiger partial charge in [-0.25, -0.2) is 4.39 Å². The number of halogens is 1. The Labute approximate surface area is 201 Å². The second-order valence-electron chi connectivity index (χ2n) is 9.81. The summed E-state index contributed by atoms with van der Waals surface area (Å²) in [7, 11) is 0. The van der Waals surface area contributed by atoms with Crippen LogP contribution >= 0.6 is 0 Å². The molecule has 0 amide bonds. The molecule has 34 heavy (non-hydrogen) atoms. The molecule has 1 aliphatic heterocycles. The quantitative estimate of drug-likeness (QED) is 0.282. The molecule has 182 valence electrons. The molecular formula is C29H35FO4. The topological polar surface area (TPSA) is 55.8 Å². The van der Waals surface area contributed by atoms with Gasteiger partial charge < -0.3 is 14.6 Å². The molecule has 1 heterocycles. The maximum Gasteiger partial charge on any atom is 0.303 e. The van der Waals surface area contributed by atoms with Crippen LogP contribution in [0.1, 0.15) is 49.7 Å². The Morgan fingerprint density at radius 3 is 2.76 bits per heavy atom. The molecule has 1 saturated heterocycles. The van der Waals surface area contributed by atoms with E-state index in [1.807, 2.05) is 6.07 Å². The summed E-state index contributed by atoms with van der Waals surface area (Å²) in [6.45, 7) is 1.80. The first-order chi connectivity index (χ1) is 16.6. The first-order valence-corrected chi connectivity index (χ1v) is 12.4. The predicted molar refractivity (Wildman–Crippen MR) is 130 cm³/mol. The fourth-order valence-electron chi connectivity index (χ4n) is 5.76. The zero-order chi connectivity index (χ0) is 23.8. The van der Waals surface area contributed by atoms with E-state index in [0.29, 0.717) is 31.5 Å². The predicted octanol–water partition coefficient (Wildman–Crippen LogP) is 6.20. The van der Waals surface area contributed by atoms with Crippen molar-refractivity contribution in [2.75, 3.05) is 13.2 Å². The number of fused-ring (bicyclic) bond motifs is 2. The Hall–Kier alpha value is -2.50. The Morgan fingerprint density at radius 2 is 1.97 bits per heavy atom. The van der Waals surface area contributed by atoms with Gasteiger partial charge in [-0.15, -0.1) is 0 Å². The van der Waals surface area contributed by atoms with Crippen molar-refractivity contribution in [2.45, 2.75) is 57.7 Å². The summed E-state index contributed by atoms with van der Waals surface area (Å²) in [6, 6.07) is 17.2. The van der Waals surface area contributed by atoms with E-state index in [0.717, 1.165) is 44.3 Å². The molecule has 1 saturated carbocycles. The molecule has 0 radical (unpaired) electrons. The van der Waals surface area contributed by atoms with E-state index < -0.39 is 5.97 Å². The molecule has 2 aromatic carbocycles. The largest absolute Gasteiger partial charge is 0.481 e. The minimum Gasteiger partial charge on any atom is -0.481 e. The van der Waals surface area contributed by atoms with Crippen LogP contribution in [0.15, 0.2) is 66.7 Å². The minimum atomic E-state index is -0.742. The van der Waals surface area contributed by atoms with E-state index in [9.17, 15) is 9.18 Å². The average molecular weight is 467 g/mol. The summed E-state index contributed by atoms with van der Waals surface area (Å²) in [5.41, 5.74) is 2.34. The molecule has 2 bridgehead atoms. The third-order valence-corrected chi connectivity index (χ3v) is 7.51. The van der Waals surface area contributed by atoms with Crippen molar-refractivity contribution in [1.29, 1.82) is 0 Å². The number of hydrogen-bond acceptors (Lipinski definition) is 3. The van der Waals surface area contributed by atoms with Gasteiger partial charge in [0.1, 0.15) is 5.82 Å². The van der Waals surface area contributed by atoms with Crippen LogP contribution < -0.4 is 0 Å². The van der Waals surface area contributed by atoms with Gasteiger partial charge in [0, 0.05) is 17.8 Å². The molecule has 4 nitrogen and oxygen atoms in total. The van der Waals surface area contributed by atoms with E-state index >= 15 is 0 Å². The van der Waals surface area contributed by atoms with Crippen molar-refractivity contribution < 1.29 is 23.8 Å². The Bertz CT molecular complexity index is 960. The van der Waals surface area contributed by atoms with Crippen molar-refractivity contribution in [3.05, 3.63) is 83.7 Å². The Morgan fingerprint density at radius 1 is 1.15 bits per heavy atom. The van der Waals surface area contributed by atoms with Gasteiger partial charge in [-0.3, -0.25) is 4.79 Å². The number of unbranched alkanes of at least 4 members (excludes halogenated alkanes) is 1. The molecule has 1 N–H and O–H groups in total. The smallest absolute Gasteiger partial charge is 0.303 e. The van der Waals surface area contributed by atoms with E-state index in [4.69, 9.17) is 14.6 Å². The summed E-state index contributed by atoms with van der Waals surface area (Å²) in [4.78, 5) is 10.8. The fourth-order valence-corrected chi connectivity index (χ4v) is 5.76. The van der Waals surface area contributed by atoms with Crippen LogP contribution in [0.3, 0.4) is 0 Å². The normalized spacial score (nSPS) is 25.9. The number of allylic oxidation sites excluding steroid dienone is 2. The van der Waals surface area contributed by atoms with Crippen molar-refractivity contribution in [3.8, 4) is 0 Å². The molecule has 4 rings (SSSR count). The lowest BCUT2D eigenvalue weighted by molar-refractivity contribution is -0.137. The summed E-state index contributed by atoms with van der Waals surface area (Å²) in [6.07, 6.45) is 10.4. The Kier molecular flexibility index (Phi) is 8.52. The molecule has 2 aromatic rings. The number of aliphatic carboxylic acids is 1. The van der Waals surface area contributed by atoms with Gasteiger partial charge in [0.2, 0.25) is 0 Å². The van der Waals surface area contributed by atoms with E-state index in [2.05, 4.69) is 42.5 Å². The molecule has 0 unspecified atom stereocenters. The van der Waals surface area contributed by atoms with Gasteiger partial charge in [-0.05, 0) is 67.7 Å². The van der Waals surface area contributed by atoms with E-state index in [1.54, 1.807) is 6.07 Å². The van der Waals surface area contributed by atoms with Gasteiger partial charge in [0.15, 0.2) is 0 Å². The standard InChI is InChI=1S/C29H35FO4/c30-24-12-8-11-23(17-24)19-33-20-25-26(13-6-1-2-7-14-28(31)32)29(18-27(25)34-21-29)16-15-22-9-4-3-5-10-22/h1,3-6,8-12,17,25-27H,2,7,13-16,18-21H2,(H,31,32)/t25-,26-,27-,29-/m1/s1. The SMILES string of the molecule is O=C(O)CCCC=CC[C@@H]1[C@@H](COCc2cccc(F)c2)[C@H]2C[C@]1(CCc1ccccc1)CO2. The lowest BCUT2D eigenvalue weighted by atomic mass is 9.70. The highest BCUT2D eigenvalue weighted by molar-refractivity contribution is 5.66. The number of carboxylic acids is 1. The fraction of sp³-hybridized carbons (Fsp3) is 0.483. The van der Waals surface area contributed by atoms with Gasteiger partial charge in [0.25, 0.3) is 0 Å². The Balaban J connectivity index is 1.39. The lowest BCUT2D eigenvalue weighted by Gasteiger charge is -2.39. The highest BCUT2D eigenvalue weighted by Gasteiger charge is 2.57. The third kappa shape index (κ3) is 6.34. The average Bonchev–Trinajstić information content (AvgIpc) is 3.38. The van der Waals surface area contributed by atoms with Gasteiger partial charge in [0.05, 0.1) is 25.9 Å². The van der Waals surface area contributed by atoms with Gasteiger partial charge in [-0.1, -0.05) is 54.6 Å². The van der Waals surface area contributed by atoms with Crippen molar-refractivity contribution >= 4 is 5.97 Å². The summed E-state index contributed by atoms with van der Waals surface area (Å²) >= 11 is 0. The van der Waals surface area contributed by atoms with Crippen LogP contribution in [0.25, 0.3) is 0 Å². The van der Waals surface area contributed by atoms with E-state index in [1.165, 1.54) is 17.7 Å². The highest BCUT2D eigenvalue weighted by Crippen LogP contribution is 2.57. The minimum absolute atomic E-state index is 0.138. The van der Waals surface area contributed by atoms with Gasteiger partial charge >= 0.3 is 5.97 Å². The maximum atomic E-state index is 13.5. The van der Waals surface area contributed by atoms with Gasteiger partial charge in [-0.2, -0.15) is 0 Å². The molecule has 0 spiro atoms.